The van der Waals surface area contributed by atoms with E-state index in [9.17, 15) is 18.8 Å². The van der Waals surface area contributed by atoms with E-state index in [-0.39, 0.29) is 18.1 Å². The second kappa shape index (κ2) is 18.1. The van der Waals surface area contributed by atoms with Crippen molar-refractivity contribution in [2.45, 2.75) is 70.3 Å². The van der Waals surface area contributed by atoms with E-state index in [2.05, 4.69) is 6.07 Å². The molecule has 1 aliphatic carbocycles. The van der Waals surface area contributed by atoms with Gasteiger partial charge in [0.25, 0.3) is 0 Å². The maximum atomic E-state index is 14.6. The number of rotatable bonds is 15. The molecule has 8 nitrogen and oxygen atoms in total. The number of nitriles is 2. The number of allylic oxidation sites excluding steroid dienone is 2. The minimum Gasteiger partial charge on any atom is -0.454 e. The molecule has 258 valence electrons. The molecule has 0 saturated carbocycles. The molecule has 0 aliphatic heterocycles. The fraction of sp³-hybridized carbons (Fsp3) is 0.262. The minimum absolute atomic E-state index is 0.158. The first-order chi connectivity index (χ1) is 24.8. The van der Waals surface area contributed by atoms with Gasteiger partial charge < -0.3 is 14.2 Å². The van der Waals surface area contributed by atoms with Crippen molar-refractivity contribution < 1.29 is 33.0 Å². The standard InChI is InChI=1S/C42H37FN2O6/c43-39-26-37(22-23-38(39)31-14-10-29(27-44)11-15-31)50-41(47)9-7-5-3-1-2-4-6-8-40(46)49-36-21-18-32-24-34(17-16-33(32)25-36)42(48)51-35-19-12-30(28-45)13-20-35/h10-19,21-26,35H,1-9,20H2. The van der Waals surface area contributed by atoms with Crippen molar-refractivity contribution in [2.75, 3.05) is 0 Å². The number of ether oxygens (including phenoxy) is 3. The molecule has 51 heavy (non-hydrogen) atoms. The van der Waals surface area contributed by atoms with Gasteiger partial charge in [0.15, 0.2) is 0 Å². The number of hydrogen-bond acceptors (Lipinski definition) is 8. The molecule has 0 bridgehead atoms. The third-order valence-electron chi connectivity index (χ3n) is 8.49. The van der Waals surface area contributed by atoms with Crippen LogP contribution in [0.3, 0.4) is 0 Å². The van der Waals surface area contributed by atoms with Gasteiger partial charge in [-0.05, 0) is 89.9 Å². The topological polar surface area (TPSA) is 126 Å². The molecule has 0 saturated heterocycles. The molecule has 1 atom stereocenters. The van der Waals surface area contributed by atoms with E-state index in [1.807, 2.05) is 6.07 Å². The van der Waals surface area contributed by atoms with Crippen LogP contribution in [0.5, 0.6) is 11.5 Å². The molecule has 0 spiro atoms. The fourth-order valence-corrected chi connectivity index (χ4v) is 5.70. The summed E-state index contributed by atoms with van der Waals surface area (Å²) in [6.07, 6.45) is 11.8. The van der Waals surface area contributed by atoms with Gasteiger partial charge in [0.2, 0.25) is 0 Å². The van der Waals surface area contributed by atoms with Gasteiger partial charge in [0.1, 0.15) is 23.4 Å². The third kappa shape index (κ3) is 10.7. The third-order valence-corrected chi connectivity index (χ3v) is 8.49. The first-order valence-electron chi connectivity index (χ1n) is 17.1. The van der Waals surface area contributed by atoms with Crippen LogP contribution in [-0.2, 0) is 14.3 Å². The van der Waals surface area contributed by atoms with E-state index in [0.29, 0.717) is 59.3 Å². The van der Waals surface area contributed by atoms with Crippen LogP contribution in [0.2, 0.25) is 0 Å². The number of hydrogen-bond donors (Lipinski definition) is 0. The number of nitrogens with zero attached hydrogens (tertiary/aromatic N) is 2. The number of halogens is 1. The van der Waals surface area contributed by atoms with Gasteiger partial charge in [-0.15, -0.1) is 0 Å². The summed E-state index contributed by atoms with van der Waals surface area (Å²) in [4.78, 5) is 37.3. The van der Waals surface area contributed by atoms with Crippen LogP contribution in [0.4, 0.5) is 4.39 Å². The quantitative estimate of drug-likeness (QED) is 0.0689. The number of unbranched alkanes of at least 4 members (excludes halogenated alkanes) is 6. The molecule has 1 aliphatic rings. The van der Waals surface area contributed by atoms with Crippen molar-refractivity contribution in [1.29, 1.82) is 10.5 Å². The SMILES string of the molecule is N#CC1=CCC(OC(=O)c2ccc3cc(OC(=O)CCCCCCCCCC(=O)Oc4ccc(-c5ccc(C#N)cc5)c(F)c4)ccc3c2)C=C1. The monoisotopic (exact) mass is 684 g/mol. The van der Waals surface area contributed by atoms with Gasteiger partial charge in [0.05, 0.1) is 23.3 Å². The smallest absolute Gasteiger partial charge is 0.338 e. The molecule has 1 unspecified atom stereocenters. The summed E-state index contributed by atoms with van der Waals surface area (Å²) < 4.78 is 31.0. The van der Waals surface area contributed by atoms with Crippen LogP contribution in [0.15, 0.2) is 103 Å². The molecule has 0 amide bonds. The highest BCUT2D eigenvalue weighted by atomic mass is 19.1. The molecular formula is C42H37FN2O6. The van der Waals surface area contributed by atoms with Gasteiger partial charge in [-0.25, -0.2) is 9.18 Å². The predicted molar refractivity (Wildman–Crippen MR) is 190 cm³/mol. The highest BCUT2D eigenvalue weighted by Crippen LogP contribution is 2.27. The Hall–Kier alpha value is -6.06. The maximum Gasteiger partial charge on any atom is 0.338 e. The predicted octanol–water partition coefficient (Wildman–Crippen LogP) is 9.47. The Bertz CT molecular complexity index is 2040. The van der Waals surface area contributed by atoms with Crippen molar-refractivity contribution >= 4 is 28.7 Å². The number of fused-ring (bicyclic) bond motifs is 1. The fourth-order valence-electron chi connectivity index (χ4n) is 5.70. The summed E-state index contributed by atoms with van der Waals surface area (Å²) in [5.41, 5.74) is 2.45. The second-order valence-corrected chi connectivity index (χ2v) is 12.3. The van der Waals surface area contributed by atoms with Crippen molar-refractivity contribution in [3.63, 3.8) is 0 Å². The summed E-state index contributed by atoms with van der Waals surface area (Å²) in [6, 6.07) is 25.5. The van der Waals surface area contributed by atoms with E-state index in [4.69, 9.17) is 24.7 Å². The summed E-state index contributed by atoms with van der Waals surface area (Å²) in [7, 11) is 0. The summed E-state index contributed by atoms with van der Waals surface area (Å²) >= 11 is 0. The molecular weight excluding hydrogens is 647 g/mol. The minimum atomic E-state index is -0.507. The van der Waals surface area contributed by atoms with Crippen LogP contribution in [0.1, 0.15) is 80.1 Å². The Labute approximate surface area is 296 Å². The van der Waals surface area contributed by atoms with Crippen LogP contribution < -0.4 is 9.47 Å². The average molecular weight is 685 g/mol. The largest absolute Gasteiger partial charge is 0.454 e. The summed E-state index contributed by atoms with van der Waals surface area (Å²) in [6.45, 7) is 0. The molecule has 0 fully saturated rings. The van der Waals surface area contributed by atoms with Gasteiger partial charge in [-0.2, -0.15) is 10.5 Å². The van der Waals surface area contributed by atoms with Crippen molar-refractivity contribution in [3.8, 4) is 34.8 Å². The Kier molecular flexibility index (Phi) is 12.8. The summed E-state index contributed by atoms with van der Waals surface area (Å²) in [5.74, 6) is -1.06. The lowest BCUT2D eigenvalue weighted by Gasteiger charge is -2.15. The van der Waals surface area contributed by atoms with Gasteiger partial charge in [-0.1, -0.05) is 62.4 Å². The maximum absolute atomic E-state index is 14.6. The van der Waals surface area contributed by atoms with Crippen molar-refractivity contribution in [2.24, 2.45) is 0 Å². The Morgan fingerprint density at radius 2 is 1.31 bits per heavy atom. The van der Waals surface area contributed by atoms with Crippen LogP contribution >= 0.6 is 0 Å². The normalized spacial score (nSPS) is 13.5. The molecule has 0 radical (unpaired) electrons. The molecule has 0 N–H and O–H groups in total. The Morgan fingerprint density at radius 1 is 0.706 bits per heavy atom. The zero-order valence-electron chi connectivity index (χ0n) is 28.1. The number of carbonyl (C=O) groups excluding carboxylic acids is 3. The lowest BCUT2D eigenvalue weighted by molar-refractivity contribution is -0.135. The summed E-state index contributed by atoms with van der Waals surface area (Å²) in [5, 5.41) is 19.5. The van der Waals surface area contributed by atoms with Crippen LogP contribution in [0, 0.1) is 28.5 Å². The molecule has 4 aromatic carbocycles. The lowest BCUT2D eigenvalue weighted by atomic mass is 10.0. The molecule has 9 heteroatoms. The van der Waals surface area contributed by atoms with Crippen molar-refractivity contribution in [3.05, 3.63) is 120 Å². The van der Waals surface area contributed by atoms with E-state index in [1.54, 1.807) is 91.0 Å². The first kappa shape index (κ1) is 36.2. The lowest BCUT2D eigenvalue weighted by Crippen LogP contribution is -2.17. The Morgan fingerprint density at radius 3 is 1.92 bits per heavy atom. The van der Waals surface area contributed by atoms with Crippen LogP contribution in [0.25, 0.3) is 21.9 Å². The van der Waals surface area contributed by atoms with E-state index in [1.165, 1.54) is 6.07 Å². The molecule has 4 aromatic rings. The first-order valence-corrected chi connectivity index (χ1v) is 17.1. The number of benzene rings is 4. The second-order valence-electron chi connectivity index (χ2n) is 12.3. The van der Waals surface area contributed by atoms with Gasteiger partial charge >= 0.3 is 17.9 Å². The molecule has 0 heterocycles. The molecule has 0 aromatic heterocycles. The zero-order valence-corrected chi connectivity index (χ0v) is 28.1. The van der Waals surface area contributed by atoms with E-state index in [0.717, 1.165) is 42.9 Å². The average Bonchev–Trinajstić information content (AvgIpc) is 3.14. The number of esters is 3. The highest BCUT2D eigenvalue weighted by molar-refractivity contribution is 5.96. The zero-order chi connectivity index (χ0) is 36.0. The molecule has 5 rings (SSSR count). The number of carbonyl (C=O) groups is 3. The van der Waals surface area contributed by atoms with E-state index < -0.39 is 23.9 Å². The van der Waals surface area contributed by atoms with Crippen molar-refractivity contribution in [1.82, 2.24) is 0 Å². The Balaban J connectivity index is 0.927. The van der Waals surface area contributed by atoms with E-state index >= 15 is 0 Å². The van der Waals surface area contributed by atoms with Gasteiger partial charge in [-0.3, -0.25) is 9.59 Å². The van der Waals surface area contributed by atoms with Crippen LogP contribution in [-0.4, -0.2) is 24.0 Å². The van der Waals surface area contributed by atoms with Gasteiger partial charge in [0, 0.05) is 36.5 Å². The highest BCUT2D eigenvalue weighted by Gasteiger charge is 2.16.